The molecule has 5 rings (SSSR count). The third-order valence-electron chi connectivity index (χ3n) is 4.80. The third-order valence-corrected chi connectivity index (χ3v) is 4.80. The first-order chi connectivity index (χ1) is 14.6. The molecule has 0 spiro atoms. The van der Waals surface area contributed by atoms with Gasteiger partial charge in [-0.3, -0.25) is 0 Å². The molecule has 0 unspecified atom stereocenters. The molecule has 0 bridgehead atoms. The minimum atomic E-state index is -0.942. The van der Waals surface area contributed by atoms with Crippen LogP contribution in [0.25, 0.3) is 33.7 Å². The Hall–Kier alpha value is -3.94. The monoisotopic (exact) mass is 404 g/mol. The molecule has 2 aromatic carbocycles. The van der Waals surface area contributed by atoms with Crippen LogP contribution in [-0.2, 0) is 6.54 Å². The lowest BCUT2D eigenvalue weighted by molar-refractivity contribution is -0.746. The first-order valence-electron chi connectivity index (χ1n) is 9.29. The van der Waals surface area contributed by atoms with Crippen molar-refractivity contribution in [2.45, 2.75) is 13.5 Å². The van der Waals surface area contributed by atoms with Gasteiger partial charge in [0.05, 0.1) is 5.56 Å². The maximum absolute atomic E-state index is 14.1. The molecule has 0 aliphatic rings. The quantitative estimate of drug-likeness (QED) is 0.456. The van der Waals surface area contributed by atoms with E-state index in [-0.39, 0.29) is 11.4 Å². The van der Waals surface area contributed by atoms with Crippen LogP contribution < -0.4 is 4.68 Å². The predicted octanol–water partition coefficient (Wildman–Crippen LogP) is 4.20. The number of hydrogen-bond donors (Lipinski definition) is 1. The number of aryl methyl sites for hydroxylation is 1. The summed E-state index contributed by atoms with van der Waals surface area (Å²) in [7, 11) is 0. The molecule has 0 saturated carbocycles. The summed E-state index contributed by atoms with van der Waals surface area (Å²) in [4.78, 5) is 7.33. The predicted molar refractivity (Wildman–Crippen MR) is 105 cm³/mol. The lowest BCUT2D eigenvalue weighted by Gasteiger charge is -1.99. The minimum absolute atomic E-state index is 0.0655. The standard InChI is InChI=1S/C22H15F2N5O/c1-13-5-7-14(8-6-13)18-9-15(30-28-18)11-29-12-20-19(10-25-29)26-22(27-20)16-3-2-4-17(23)21(16)24/h2-10,12H,11H2,1H3/p+1. The number of rotatable bonds is 4. The Kier molecular flexibility index (Phi) is 4.31. The van der Waals surface area contributed by atoms with Gasteiger partial charge in [-0.25, -0.2) is 13.8 Å². The summed E-state index contributed by atoms with van der Waals surface area (Å²) in [5.74, 6) is -0.986. The number of nitrogens with zero attached hydrogens (tertiary/aromatic N) is 4. The molecule has 3 aromatic heterocycles. The Morgan fingerprint density at radius 3 is 2.77 bits per heavy atom. The number of fused-ring (bicyclic) bond motifs is 1. The van der Waals surface area contributed by atoms with Crippen molar-refractivity contribution in [2.24, 2.45) is 0 Å². The minimum Gasteiger partial charge on any atom is -0.354 e. The SMILES string of the molecule is Cc1ccc(-c2cc(C[n+]3cc4[nH]c(-c5cccc(F)c5F)nc4cn3)on2)cc1. The number of benzene rings is 2. The van der Waals surface area contributed by atoms with Gasteiger partial charge in [-0.1, -0.05) is 45.7 Å². The second-order valence-corrected chi connectivity index (χ2v) is 7.00. The highest BCUT2D eigenvalue weighted by Gasteiger charge is 2.17. The summed E-state index contributed by atoms with van der Waals surface area (Å²) in [5.41, 5.74) is 4.14. The molecule has 8 heteroatoms. The van der Waals surface area contributed by atoms with Crippen molar-refractivity contribution in [3.8, 4) is 22.6 Å². The van der Waals surface area contributed by atoms with E-state index in [9.17, 15) is 8.78 Å². The van der Waals surface area contributed by atoms with Crippen LogP contribution in [0.15, 0.2) is 65.4 Å². The second kappa shape index (κ2) is 7.14. The summed E-state index contributed by atoms with van der Waals surface area (Å²) in [6.45, 7) is 2.39. The summed E-state index contributed by atoms with van der Waals surface area (Å²) in [6.07, 6.45) is 3.29. The normalized spacial score (nSPS) is 11.3. The van der Waals surface area contributed by atoms with Crippen LogP contribution in [0, 0.1) is 18.6 Å². The van der Waals surface area contributed by atoms with Gasteiger partial charge in [0, 0.05) is 11.6 Å². The van der Waals surface area contributed by atoms with Gasteiger partial charge in [-0.2, -0.15) is 0 Å². The smallest absolute Gasteiger partial charge is 0.234 e. The number of aromatic amines is 1. The zero-order valence-corrected chi connectivity index (χ0v) is 15.9. The van der Waals surface area contributed by atoms with Gasteiger partial charge in [0.15, 0.2) is 11.6 Å². The Morgan fingerprint density at radius 1 is 1.10 bits per heavy atom. The molecule has 3 heterocycles. The Bertz CT molecular complexity index is 1360. The fourth-order valence-electron chi connectivity index (χ4n) is 3.22. The van der Waals surface area contributed by atoms with E-state index in [4.69, 9.17) is 4.52 Å². The highest BCUT2D eigenvalue weighted by molar-refractivity contribution is 5.77. The molecule has 5 aromatic rings. The first-order valence-corrected chi connectivity index (χ1v) is 9.29. The topological polar surface area (TPSA) is 71.5 Å². The lowest BCUT2D eigenvalue weighted by Crippen LogP contribution is -2.37. The van der Waals surface area contributed by atoms with Crippen LogP contribution in [-0.4, -0.2) is 20.2 Å². The molecule has 0 amide bonds. The van der Waals surface area contributed by atoms with E-state index in [1.165, 1.54) is 17.7 Å². The molecule has 148 valence electrons. The van der Waals surface area contributed by atoms with Gasteiger partial charge in [0.25, 0.3) is 0 Å². The number of imidazole rings is 1. The number of H-pyrrole nitrogens is 1. The molecule has 0 fully saturated rings. The van der Waals surface area contributed by atoms with Crippen LogP contribution in [0.5, 0.6) is 0 Å². The van der Waals surface area contributed by atoms with E-state index in [2.05, 4.69) is 20.2 Å². The van der Waals surface area contributed by atoms with Crippen molar-refractivity contribution in [1.29, 1.82) is 0 Å². The largest absolute Gasteiger partial charge is 0.354 e. The number of halogens is 2. The van der Waals surface area contributed by atoms with Crippen LogP contribution in [0.3, 0.4) is 0 Å². The average Bonchev–Trinajstić information content (AvgIpc) is 3.37. The average molecular weight is 404 g/mol. The number of hydrogen-bond acceptors (Lipinski definition) is 4. The maximum atomic E-state index is 14.1. The molecular weight excluding hydrogens is 388 g/mol. The maximum Gasteiger partial charge on any atom is 0.234 e. The zero-order chi connectivity index (χ0) is 20.7. The van der Waals surface area contributed by atoms with Gasteiger partial charge in [-0.15, -0.1) is 0 Å². The first kappa shape index (κ1) is 18.1. The Labute approximate surface area is 169 Å². The second-order valence-electron chi connectivity index (χ2n) is 7.00. The van der Waals surface area contributed by atoms with E-state index in [1.54, 1.807) is 17.1 Å². The molecule has 0 saturated heterocycles. The number of aromatic nitrogens is 5. The summed E-state index contributed by atoms with van der Waals surface area (Å²) in [5, 5.41) is 8.44. The Morgan fingerprint density at radius 2 is 1.93 bits per heavy atom. The van der Waals surface area contributed by atoms with Crippen LogP contribution in [0.2, 0.25) is 0 Å². The third kappa shape index (κ3) is 3.32. The van der Waals surface area contributed by atoms with Crippen LogP contribution >= 0.6 is 0 Å². The molecular formula is C22H16F2N5O+. The molecule has 0 aliphatic carbocycles. The summed E-state index contributed by atoms with van der Waals surface area (Å²) < 4.78 is 34.7. The van der Waals surface area contributed by atoms with Crippen molar-refractivity contribution in [1.82, 2.24) is 20.2 Å². The highest BCUT2D eigenvalue weighted by atomic mass is 19.2. The zero-order valence-electron chi connectivity index (χ0n) is 15.9. The van der Waals surface area contributed by atoms with Crippen molar-refractivity contribution in [3.63, 3.8) is 0 Å². The summed E-state index contributed by atoms with van der Waals surface area (Å²) in [6, 6.07) is 13.9. The van der Waals surface area contributed by atoms with Gasteiger partial charge in [0.1, 0.15) is 28.7 Å². The van der Waals surface area contributed by atoms with E-state index < -0.39 is 11.6 Å². The van der Waals surface area contributed by atoms with Gasteiger partial charge < -0.3 is 9.51 Å². The lowest BCUT2D eigenvalue weighted by atomic mass is 10.1. The van der Waals surface area contributed by atoms with Crippen LogP contribution in [0.1, 0.15) is 11.3 Å². The van der Waals surface area contributed by atoms with Gasteiger partial charge in [0.2, 0.25) is 18.5 Å². The van der Waals surface area contributed by atoms with E-state index >= 15 is 0 Å². The van der Waals surface area contributed by atoms with E-state index in [0.29, 0.717) is 23.3 Å². The summed E-state index contributed by atoms with van der Waals surface area (Å²) >= 11 is 0. The van der Waals surface area contributed by atoms with E-state index in [1.807, 2.05) is 37.3 Å². The molecule has 0 atom stereocenters. The molecule has 0 aliphatic heterocycles. The molecule has 0 radical (unpaired) electrons. The van der Waals surface area contributed by atoms with Crippen molar-refractivity contribution < 1.29 is 18.0 Å². The molecule has 1 N–H and O–H groups in total. The van der Waals surface area contributed by atoms with Crippen LogP contribution in [0.4, 0.5) is 8.78 Å². The fourth-order valence-corrected chi connectivity index (χ4v) is 3.22. The van der Waals surface area contributed by atoms with Crippen molar-refractivity contribution >= 4 is 11.0 Å². The van der Waals surface area contributed by atoms with Crippen molar-refractivity contribution in [2.75, 3.05) is 0 Å². The fraction of sp³-hybridized carbons (Fsp3) is 0.0909. The van der Waals surface area contributed by atoms with E-state index in [0.717, 1.165) is 17.3 Å². The molecule has 6 nitrogen and oxygen atoms in total. The van der Waals surface area contributed by atoms with Gasteiger partial charge >= 0.3 is 0 Å². The number of nitrogens with one attached hydrogen (secondary N) is 1. The highest BCUT2D eigenvalue weighted by Crippen LogP contribution is 2.24. The van der Waals surface area contributed by atoms with Crippen molar-refractivity contribution in [3.05, 3.63) is 83.9 Å². The Balaban J connectivity index is 1.42. The molecule has 30 heavy (non-hydrogen) atoms. The van der Waals surface area contributed by atoms with Gasteiger partial charge in [-0.05, 0) is 24.2 Å².